The molecule has 5 nitrogen and oxygen atoms in total. The maximum Gasteiger partial charge on any atom is 0.338 e. The molecule has 1 saturated heterocycles. The fraction of sp³-hybridized carbons (Fsp3) is 0.393. The fourth-order valence-electron chi connectivity index (χ4n) is 4.04. The number of carbonyl (C=O) groups is 3. The van der Waals surface area contributed by atoms with Crippen LogP contribution >= 0.6 is 0 Å². The van der Waals surface area contributed by atoms with Crippen molar-refractivity contribution in [2.45, 2.75) is 63.6 Å². The van der Waals surface area contributed by atoms with Crippen LogP contribution in [0.3, 0.4) is 0 Å². The first-order valence-corrected chi connectivity index (χ1v) is 11.7. The zero-order chi connectivity index (χ0) is 25.8. The molecule has 0 spiro atoms. The highest BCUT2D eigenvalue weighted by molar-refractivity contribution is 5.90. The van der Waals surface area contributed by atoms with Gasteiger partial charge in [-0.05, 0) is 36.1 Å². The number of benzene rings is 2. The van der Waals surface area contributed by atoms with Crippen molar-refractivity contribution in [2.24, 2.45) is 5.92 Å². The first-order chi connectivity index (χ1) is 16.8. The van der Waals surface area contributed by atoms with E-state index in [0.717, 1.165) is 11.1 Å². The lowest BCUT2D eigenvalue weighted by atomic mass is 10.0. The summed E-state index contributed by atoms with van der Waals surface area (Å²) in [4.78, 5) is 33.1. The Hall–Kier alpha value is -3.35. The lowest BCUT2D eigenvalue weighted by molar-refractivity contribution is -0.141. The van der Waals surface area contributed by atoms with Crippen LogP contribution in [-0.4, -0.2) is 36.4 Å². The fourth-order valence-corrected chi connectivity index (χ4v) is 4.04. The highest BCUT2D eigenvalue weighted by Gasteiger charge is 2.44. The van der Waals surface area contributed by atoms with Crippen LogP contribution < -0.4 is 0 Å². The van der Waals surface area contributed by atoms with Crippen molar-refractivity contribution in [3.8, 4) is 11.1 Å². The summed E-state index contributed by atoms with van der Waals surface area (Å²) in [6.45, 7) is 7.81. The molecular formula is C28H32F2O5. The molecule has 1 saturated carbocycles. The number of fused-ring (bicyclic) bond motifs is 1. The molecule has 0 aromatic heterocycles. The van der Waals surface area contributed by atoms with Crippen LogP contribution in [0.5, 0.6) is 0 Å². The third-order valence-corrected chi connectivity index (χ3v) is 5.84. The molecule has 35 heavy (non-hydrogen) atoms. The summed E-state index contributed by atoms with van der Waals surface area (Å²) < 4.78 is 34.8. The molecule has 2 fully saturated rings. The normalized spacial score (nSPS) is 20.3. The maximum atomic E-state index is 12.3. The molecule has 0 radical (unpaired) electrons. The monoisotopic (exact) mass is 486 g/mol. The van der Waals surface area contributed by atoms with Gasteiger partial charge in [-0.2, -0.15) is 8.78 Å². The molecule has 1 aliphatic carbocycles. The van der Waals surface area contributed by atoms with E-state index in [1.54, 1.807) is 19.1 Å². The zero-order valence-corrected chi connectivity index (χ0v) is 20.0. The first kappa shape index (κ1) is 27.9. The molecule has 2 aromatic rings. The minimum absolute atomic E-state index is 0.0734. The second-order valence-corrected chi connectivity index (χ2v) is 8.42. The summed E-state index contributed by atoms with van der Waals surface area (Å²) in [7, 11) is 0. The van der Waals surface area contributed by atoms with Gasteiger partial charge in [-0.15, -0.1) is 13.2 Å². The molecule has 0 N–H and O–H groups in total. The van der Waals surface area contributed by atoms with Crippen LogP contribution in [0.1, 0.15) is 55.8 Å². The number of alkyl halides is 2. The van der Waals surface area contributed by atoms with Gasteiger partial charge in [0.1, 0.15) is 12.2 Å². The van der Waals surface area contributed by atoms with Gasteiger partial charge in [0.15, 0.2) is 6.29 Å². The van der Waals surface area contributed by atoms with E-state index >= 15 is 0 Å². The second-order valence-electron chi connectivity index (χ2n) is 8.42. The van der Waals surface area contributed by atoms with Gasteiger partial charge in [0.05, 0.1) is 12.0 Å². The largest absolute Gasteiger partial charge is 0.462 e. The number of ether oxygens (including phenoxy) is 2. The van der Waals surface area contributed by atoms with E-state index in [2.05, 4.69) is 13.2 Å². The first-order valence-electron chi connectivity index (χ1n) is 11.7. The van der Waals surface area contributed by atoms with Crippen LogP contribution in [0.25, 0.3) is 11.1 Å². The summed E-state index contributed by atoms with van der Waals surface area (Å²) in [5.41, 5.74) is 2.72. The second kappa shape index (κ2) is 13.5. The lowest BCUT2D eigenvalue weighted by Crippen LogP contribution is -2.17. The predicted molar refractivity (Wildman–Crippen MR) is 130 cm³/mol. The highest BCUT2D eigenvalue weighted by Crippen LogP contribution is 2.38. The van der Waals surface area contributed by atoms with Crippen molar-refractivity contribution in [1.82, 2.24) is 0 Å². The molecule has 0 unspecified atom stereocenters. The number of halogens is 2. The van der Waals surface area contributed by atoms with Crippen molar-refractivity contribution < 1.29 is 32.6 Å². The SMILES string of the molecule is C=C.CCCCC(F)(F)C=O.O=C1C[C@@H]2C[C@H](OC(=O)c3ccc(-c4ccccc4)cc3)C[C@@H]2O1. The van der Waals surface area contributed by atoms with Gasteiger partial charge in [0.2, 0.25) is 0 Å². The van der Waals surface area contributed by atoms with Crippen molar-refractivity contribution in [3.05, 3.63) is 73.3 Å². The zero-order valence-electron chi connectivity index (χ0n) is 20.0. The van der Waals surface area contributed by atoms with Crippen LogP contribution in [-0.2, 0) is 19.1 Å². The molecule has 0 amide bonds. The van der Waals surface area contributed by atoms with Gasteiger partial charge < -0.3 is 9.47 Å². The third kappa shape index (κ3) is 8.42. The van der Waals surface area contributed by atoms with E-state index < -0.39 is 5.92 Å². The summed E-state index contributed by atoms with van der Waals surface area (Å²) in [6.07, 6.45) is 2.05. The van der Waals surface area contributed by atoms with Crippen LogP contribution in [0, 0.1) is 5.92 Å². The van der Waals surface area contributed by atoms with Crippen LogP contribution in [0.2, 0.25) is 0 Å². The Labute approximate surface area is 205 Å². The van der Waals surface area contributed by atoms with Gasteiger partial charge in [0.25, 0.3) is 0 Å². The standard InChI is InChI=1S/C20H18O4.C6H10F2O.C2H4/c21-19-11-16-10-17(12-18(16)24-19)23-20(22)15-8-6-14(7-9-15)13-4-2-1-3-5-13;1-2-3-4-6(7,8)5-9;1-2/h1-9,16-18H,10-12H2;5H,2-4H2,1H3;1-2H2/t16-,17-,18-;;/m0../s1. The minimum atomic E-state index is -3.09. The van der Waals surface area contributed by atoms with Gasteiger partial charge in [-0.1, -0.05) is 55.8 Å². The molecule has 1 aliphatic heterocycles. The summed E-state index contributed by atoms with van der Waals surface area (Å²) >= 11 is 0. The molecular weight excluding hydrogens is 454 g/mol. The molecule has 7 heteroatoms. The van der Waals surface area contributed by atoms with E-state index in [-0.39, 0.29) is 42.8 Å². The molecule has 188 valence electrons. The Morgan fingerprint density at radius 1 is 1.09 bits per heavy atom. The van der Waals surface area contributed by atoms with E-state index in [4.69, 9.17) is 9.47 Å². The van der Waals surface area contributed by atoms with Gasteiger partial charge >= 0.3 is 17.9 Å². The maximum absolute atomic E-state index is 12.3. The quantitative estimate of drug-likeness (QED) is 0.257. The Balaban J connectivity index is 0.000000335. The van der Waals surface area contributed by atoms with Crippen molar-refractivity contribution in [1.29, 1.82) is 0 Å². The van der Waals surface area contributed by atoms with E-state index in [0.29, 0.717) is 37.7 Å². The average Bonchev–Trinajstić information content (AvgIpc) is 3.41. The summed E-state index contributed by atoms with van der Waals surface area (Å²) in [5.74, 6) is -3.33. The van der Waals surface area contributed by atoms with Gasteiger partial charge in [0, 0.05) is 18.8 Å². The van der Waals surface area contributed by atoms with Crippen molar-refractivity contribution in [2.75, 3.05) is 0 Å². The number of unbranched alkanes of at least 4 members (excludes halogenated alkanes) is 1. The third-order valence-electron chi connectivity index (χ3n) is 5.84. The number of hydrogen-bond acceptors (Lipinski definition) is 5. The molecule has 3 atom stereocenters. The molecule has 2 aromatic carbocycles. The number of aldehydes is 1. The smallest absolute Gasteiger partial charge is 0.338 e. The topological polar surface area (TPSA) is 69.7 Å². The Morgan fingerprint density at radius 3 is 2.29 bits per heavy atom. The average molecular weight is 487 g/mol. The summed E-state index contributed by atoms with van der Waals surface area (Å²) in [5, 5.41) is 0. The van der Waals surface area contributed by atoms with Gasteiger partial charge in [-0.3, -0.25) is 9.59 Å². The van der Waals surface area contributed by atoms with Crippen LogP contribution in [0.4, 0.5) is 8.78 Å². The summed E-state index contributed by atoms with van der Waals surface area (Å²) in [6, 6.07) is 17.5. The number of rotatable bonds is 7. The number of hydrogen-bond donors (Lipinski definition) is 0. The van der Waals surface area contributed by atoms with Gasteiger partial charge in [-0.25, -0.2) is 4.79 Å². The predicted octanol–water partition coefficient (Wildman–Crippen LogP) is 6.42. The highest BCUT2D eigenvalue weighted by atomic mass is 19.3. The Kier molecular flexibility index (Phi) is 10.8. The Morgan fingerprint density at radius 2 is 1.71 bits per heavy atom. The van der Waals surface area contributed by atoms with E-state index in [9.17, 15) is 23.2 Å². The molecule has 2 aliphatic rings. The molecule has 1 heterocycles. The Bertz CT molecular complexity index is 943. The van der Waals surface area contributed by atoms with Crippen LogP contribution in [0.15, 0.2) is 67.8 Å². The lowest BCUT2D eigenvalue weighted by Gasteiger charge is -2.13. The van der Waals surface area contributed by atoms with E-state index in [1.807, 2.05) is 42.5 Å². The minimum Gasteiger partial charge on any atom is -0.462 e. The molecule has 4 rings (SSSR count). The number of esters is 2. The number of carbonyl (C=O) groups excluding carboxylic acids is 3. The van der Waals surface area contributed by atoms with Crippen molar-refractivity contribution in [3.63, 3.8) is 0 Å². The molecule has 0 bridgehead atoms. The van der Waals surface area contributed by atoms with Crippen molar-refractivity contribution >= 4 is 18.2 Å². The van der Waals surface area contributed by atoms with E-state index in [1.165, 1.54) is 0 Å².